The van der Waals surface area contributed by atoms with Gasteiger partial charge in [-0.2, -0.15) is 0 Å². The van der Waals surface area contributed by atoms with Crippen LogP contribution in [-0.2, 0) is 4.79 Å². The number of nitrogens with one attached hydrogen (secondary N) is 2. The van der Waals surface area contributed by atoms with Crippen molar-refractivity contribution >= 4 is 27.7 Å². The molecule has 0 bridgehead atoms. The van der Waals surface area contributed by atoms with Crippen molar-refractivity contribution < 1.29 is 19.1 Å². The van der Waals surface area contributed by atoms with E-state index in [0.29, 0.717) is 28.1 Å². The van der Waals surface area contributed by atoms with Gasteiger partial charge in [0.1, 0.15) is 11.5 Å². The molecule has 0 radical (unpaired) electrons. The van der Waals surface area contributed by atoms with E-state index in [4.69, 9.17) is 9.47 Å². The van der Waals surface area contributed by atoms with Crippen LogP contribution >= 0.6 is 15.9 Å². The van der Waals surface area contributed by atoms with Crippen LogP contribution in [-0.4, -0.2) is 25.0 Å². The first kappa shape index (κ1) is 21.8. The number of amides is 2. The molecule has 2 aromatic rings. The van der Waals surface area contributed by atoms with E-state index in [1.807, 2.05) is 26.0 Å². The first-order valence-corrected chi connectivity index (χ1v) is 9.92. The summed E-state index contributed by atoms with van der Waals surface area (Å²) in [5.74, 6) is 0.439. The minimum Gasteiger partial charge on any atom is -0.492 e. The molecule has 6 nitrogen and oxygen atoms in total. The van der Waals surface area contributed by atoms with Gasteiger partial charge in [-0.25, -0.2) is 0 Å². The van der Waals surface area contributed by atoms with Crippen LogP contribution in [0, 0.1) is 13.8 Å². The average molecular weight is 449 g/mol. The lowest BCUT2D eigenvalue weighted by atomic mass is 10.1. The Balaban J connectivity index is 1.83. The number of carbonyl (C=O) groups is 2. The molecule has 2 amide bonds. The van der Waals surface area contributed by atoms with Gasteiger partial charge in [-0.15, -0.1) is 0 Å². The van der Waals surface area contributed by atoms with Gasteiger partial charge in [0, 0.05) is 5.56 Å². The van der Waals surface area contributed by atoms with Crippen molar-refractivity contribution in [1.29, 1.82) is 0 Å². The SMILES string of the molecule is CCCCOc1ccc(C(=O)NNC(=O)COc2cccc(C)c2C)cc1Br. The van der Waals surface area contributed by atoms with E-state index >= 15 is 0 Å². The van der Waals surface area contributed by atoms with Crippen LogP contribution in [0.3, 0.4) is 0 Å². The maximum atomic E-state index is 12.2. The summed E-state index contributed by atoms with van der Waals surface area (Å²) in [5.41, 5.74) is 7.18. The van der Waals surface area contributed by atoms with Crippen LogP contribution in [0.4, 0.5) is 0 Å². The standard InChI is InChI=1S/C21H25BrN2O4/c1-4-5-11-27-19-10-9-16(12-17(19)22)21(26)24-23-20(25)13-28-18-8-6-7-14(2)15(18)3/h6-10,12H,4-5,11,13H2,1-3H3,(H,23,25)(H,24,26). The lowest BCUT2D eigenvalue weighted by Crippen LogP contribution is -2.43. The number of benzene rings is 2. The van der Waals surface area contributed by atoms with Crippen molar-refractivity contribution in [2.75, 3.05) is 13.2 Å². The fourth-order valence-electron chi connectivity index (χ4n) is 2.34. The Hall–Kier alpha value is -2.54. The number of unbranched alkanes of at least 4 members (excludes halogenated alkanes) is 1. The molecule has 0 spiro atoms. The number of hydrogen-bond acceptors (Lipinski definition) is 4. The van der Waals surface area contributed by atoms with Crippen molar-refractivity contribution in [2.45, 2.75) is 33.6 Å². The number of hydrogen-bond donors (Lipinski definition) is 2. The minimum absolute atomic E-state index is 0.196. The highest BCUT2D eigenvalue weighted by atomic mass is 79.9. The van der Waals surface area contributed by atoms with E-state index in [0.717, 1.165) is 24.0 Å². The Kier molecular flexibility index (Phi) is 8.32. The Morgan fingerprint density at radius 1 is 1.04 bits per heavy atom. The third-order valence-electron chi connectivity index (χ3n) is 4.18. The Morgan fingerprint density at radius 2 is 1.82 bits per heavy atom. The molecular weight excluding hydrogens is 424 g/mol. The van der Waals surface area contributed by atoms with Crippen LogP contribution in [0.5, 0.6) is 11.5 Å². The zero-order chi connectivity index (χ0) is 20.5. The summed E-state index contributed by atoms with van der Waals surface area (Å²) in [6.45, 7) is 6.42. The molecule has 150 valence electrons. The maximum absolute atomic E-state index is 12.2. The molecule has 0 aliphatic carbocycles. The molecule has 0 heterocycles. The van der Waals surface area contributed by atoms with E-state index in [2.05, 4.69) is 33.7 Å². The van der Waals surface area contributed by atoms with Gasteiger partial charge in [-0.3, -0.25) is 20.4 Å². The summed E-state index contributed by atoms with van der Waals surface area (Å²) >= 11 is 3.40. The molecule has 0 aromatic heterocycles. The van der Waals surface area contributed by atoms with Crippen LogP contribution in [0.15, 0.2) is 40.9 Å². The fourth-order valence-corrected chi connectivity index (χ4v) is 2.84. The summed E-state index contributed by atoms with van der Waals surface area (Å²) in [6, 6.07) is 10.6. The molecule has 0 saturated heterocycles. The molecule has 0 aliphatic heterocycles. The number of carbonyl (C=O) groups excluding carboxylic acids is 2. The van der Waals surface area contributed by atoms with Crippen LogP contribution in [0.1, 0.15) is 41.3 Å². The van der Waals surface area contributed by atoms with Crippen LogP contribution < -0.4 is 20.3 Å². The second-order valence-electron chi connectivity index (χ2n) is 6.34. The normalized spacial score (nSPS) is 10.3. The predicted molar refractivity (Wildman–Crippen MR) is 112 cm³/mol. The molecule has 0 atom stereocenters. The van der Waals surface area contributed by atoms with Gasteiger partial charge >= 0.3 is 0 Å². The van der Waals surface area contributed by atoms with E-state index in [1.54, 1.807) is 24.3 Å². The summed E-state index contributed by atoms with van der Waals surface area (Å²) in [6.07, 6.45) is 2.01. The lowest BCUT2D eigenvalue weighted by Gasteiger charge is -2.12. The smallest absolute Gasteiger partial charge is 0.276 e. The van der Waals surface area contributed by atoms with Gasteiger partial charge < -0.3 is 9.47 Å². The second kappa shape index (κ2) is 10.7. The zero-order valence-electron chi connectivity index (χ0n) is 16.3. The van der Waals surface area contributed by atoms with E-state index in [-0.39, 0.29) is 6.61 Å². The second-order valence-corrected chi connectivity index (χ2v) is 7.19. The monoisotopic (exact) mass is 448 g/mol. The third kappa shape index (κ3) is 6.27. The number of ether oxygens (including phenoxy) is 2. The topological polar surface area (TPSA) is 76.7 Å². The van der Waals surface area contributed by atoms with Gasteiger partial charge in [-0.1, -0.05) is 25.5 Å². The number of halogens is 1. The van der Waals surface area contributed by atoms with Crippen LogP contribution in [0.25, 0.3) is 0 Å². The Labute approximate surface area is 173 Å². The van der Waals surface area contributed by atoms with Crippen molar-refractivity contribution in [2.24, 2.45) is 0 Å². The molecule has 2 N–H and O–H groups in total. The molecule has 2 aromatic carbocycles. The molecular formula is C21H25BrN2O4. The Bertz CT molecular complexity index is 839. The first-order chi connectivity index (χ1) is 13.4. The molecule has 0 fully saturated rings. The molecule has 2 rings (SSSR count). The first-order valence-electron chi connectivity index (χ1n) is 9.13. The van der Waals surface area contributed by atoms with Crippen molar-refractivity contribution in [3.8, 4) is 11.5 Å². The highest BCUT2D eigenvalue weighted by Crippen LogP contribution is 2.26. The summed E-state index contributed by atoms with van der Waals surface area (Å²) < 4.78 is 11.8. The Morgan fingerprint density at radius 3 is 2.54 bits per heavy atom. The van der Waals surface area contributed by atoms with E-state index in [1.165, 1.54) is 0 Å². The van der Waals surface area contributed by atoms with Crippen molar-refractivity contribution in [3.05, 3.63) is 57.6 Å². The zero-order valence-corrected chi connectivity index (χ0v) is 17.9. The molecule has 0 aliphatic rings. The maximum Gasteiger partial charge on any atom is 0.276 e. The summed E-state index contributed by atoms with van der Waals surface area (Å²) in [7, 11) is 0. The quantitative estimate of drug-likeness (QED) is 0.470. The summed E-state index contributed by atoms with van der Waals surface area (Å²) in [5, 5.41) is 0. The van der Waals surface area contributed by atoms with Gasteiger partial charge in [0.15, 0.2) is 6.61 Å². The van der Waals surface area contributed by atoms with Gasteiger partial charge in [0.05, 0.1) is 11.1 Å². The molecule has 28 heavy (non-hydrogen) atoms. The van der Waals surface area contributed by atoms with Gasteiger partial charge in [0.2, 0.25) is 0 Å². The van der Waals surface area contributed by atoms with Crippen molar-refractivity contribution in [1.82, 2.24) is 10.9 Å². The number of rotatable bonds is 8. The third-order valence-corrected chi connectivity index (χ3v) is 4.80. The highest BCUT2D eigenvalue weighted by Gasteiger charge is 2.11. The van der Waals surface area contributed by atoms with E-state index < -0.39 is 11.8 Å². The number of aryl methyl sites for hydroxylation is 1. The van der Waals surface area contributed by atoms with E-state index in [9.17, 15) is 9.59 Å². The minimum atomic E-state index is -0.451. The average Bonchev–Trinajstić information content (AvgIpc) is 2.68. The molecule has 7 heteroatoms. The molecule has 0 saturated carbocycles. The highest BCUT2D eigenvalue weighted by molar-refractivity contribution is 9.10. The van der Waals surface area contributed by atoms with Crippen LogP contribution in [0.2, 0.25) is 0 Å². The van der Waals surface area contributed by atoms with Crippen molar-refractivity contribution in [3.63, 3.8) is 0 Å². The predicted octanol–water partition coefficient (Wildman–Crippen LogP) is 4.08. The number of hydrazine groups is 1. The molecule has 0 unspecified atom stereocenters. The largest absolute Gasteiger partial charge is 0.492 e. The summed E-state index contributed by atoms with van der Waals surface area (Å²) in [4.78, 5) is 24.2. The fraction of sp³-hybridized carbons (Fsp3) is 0.333. The lowest BCUT2D eigenvalue weighted by molar-refractivity contribution is -0.123. The van der Waals surface area contributed by atoms with Gasteiger partial charge in [-0.05, 0) is 71.6 Å². The van der Waals surface area contributed by atoms with Gasteiger partial charge in [0.25, 0.3) is 11.8 Å².